The molecule has 0 nitrogen and oxygen atoms in total. The molecule has 14 rings (SSSR count). The molecule has 2 aromatic carbocycles. The minimum atomic E-state index is 0.506. The van der Waals surface area contributed by atoms with Crippen molar-refractivity contribution in [3.63, 3.8) is 0 Å². The van der Waals surface area contributed by atoms with Gasteiger partial charge in [-0.05, 0) is 230 Å². The van der Waals surface area contributed by atoms with Crippen molar-refractivity contribution in [1.29, 1.82) is 0 Å². The Morgan fingerprint density at radius 2 is 1.22 bits per heavy atom. The van der Waals surface area contributed by atoms with Crippen LogP contribution in [-0.4, -0.2) is 0 Å². The van der Waals surface area contributed by atoms with Crippen LogP contribution in [0.15, 0.2) is 156 Å². The first-order chi connectivity index (χ1) is 31.8. The van der Waals surface area contributed by atoms with E-state index in [1.165, 1.54) is 89.9 Å². The van der Waals surface area contributed by atoms with Gasteiger partial charge in [0.15, 0.2) is 0 Å². The maximum atomic E-state index is 3.03. The van der Waals surface area contributed by atoms with E-state index < -0.39 is 0 Å². The summed E-state index contributed by atoms with van der Waals surface area (Å²) in [4.78, 5) is 0. The lowest BCUT2D eigenvalue weighted by molar-refractivity contribution is -0.0864. The number of fused-ring (bicyclic) bond motifs is 10. The van der Waals surface area contributed by atoms with Gasteiger partial charge in [-0.2, -0.15) is 0 Å². The largest absolute Gasteiger partial charge is 0.0882 e. The fourth-order valence-corrected chi connectivity index (χ4v) is 20.6. The molecule has 20 atom stereocenters. The average molecular weight is 843 g/mol. The van der Waals surface area contributed by atoms with Gasteiger partial charge in [-0.15, -0.1) is 0 Å². The first-order valence-electron chi connectivity index (χ1n) is 27.4. The van der Waals surface area contributed by atoms with Crippen LogP contribution in [0, 0.1) is 107 Å². The Morgan fingerprint density at radius 3 is 2.00 bits per heavy atom. The predicted molar refractivity (Wildman–Crippen MR) is 264 cm³/mol. The van der Waals surface area contributed by atoms with E-state index in [0.717, 1.165) is 119 Å². The Labute approximate surface area is 386 Å². The van der Waals surface area contributed by atoms with Crippen molar-refractivity contribution in [2.75, 3.05) is 0 Å². The Bertz CT molecular complexity index is 2340. The smallest absolute Gasteiger partial charge is 0.0126 e. The van der Waals surface area contributed by atoms with Crippen LogP contribution in [0.25, 0.3) is 0 Å². The van der Waals surface area contributed by atoms with Crippen LogP contribution < -0.4 is 0 Å². The normalized spacial score (nSPS) is 46.8. The molecule has 0 heterocycles. The molecule has 0 radical (unpaired) electrons. The molecule has 0 saturated heterocycles. The van der Waals surface area contributed by atoms with Gasteiger partial charge in [0.1, 0.15) is 0 Å². The maximum Gasteiger partial charge on any atom is 0.0126 e. The molecule has 0 bridgehead atoms. The van der Waals surface area contributed by atoms with E-state index in [9.17, 15) is 0 Å². The van der Waals surface area contributed by atoms with E-state index in [1.807, 2.05) is 0 Å². The SMILES string of the molecule is C1=CCC(C2=C(C3=CC4C(CC3)CC3C5C4CCCC5C4C(c5ccccc5)C5CC6C7CCC=CC7C7CCCC(C76)C5C(c5ccccc5)C34)C(C3=CCCC=C3)CC=C2)C=C1. The van der Waals surface area contributed by atoms with E-state index in [4.69, 9.17) is 0 Å². The van der Waals surface area contributed by atoms with Gasteiger partial charge in [0, 0.05) is 11.8 Å². The Balaban J connectivity index is 0.894. The monoisotopic (exact) mass is 843 g/mol. The van der Waals surface area contributed by atoms with Crippen molar-refractivity contribution in [2.24, 2.45) is 107 Å². The van der Waals surface area contributed by atoms with Crippen molar-refractivity contribution in [3.8, 4) is 0 Å². The number of hydrogen-bond donors (Lipinski definition) is 0. The zero-order valence-corrected chi connectivity index (χ0v) is 38.6. The summed E-state index contributed by atoms with van der Waals surface area (Å²) < 4.78 is 0. The molecule has 2 aromatic rings. The van der Waals surface area contributed by atoms with Gasteiger partial charge in [0.2, 0.25) is 0 Å². The van der Waals surface area contributed by atoms with Crippen LogP contribution in [0.2, 0.25) is 0 Å². The summed E-state index contributed by atoms with van der Waals surface area (Å²) >= 11 is 0. The molecule has 20 unspecified atom stereocenters. The summed E-state index contributed by atoms with van der Waals surface area (Å²) in [5, 5.41) is 0. The molecule has 0 heteroatoms. The van der Waals surface area contributed by atoms with E-state index in [-0.39, 0.29) is 0 Å². The summed E-state index contributed by atoms with van der Waals surface area (Å²) in [6.45, 7) is 0. The number of benzene rings is 2. The summed E-state index contributed by atoms with van der Waals surface area (Å²) in [7, 11) is 0. The molecule has 0 spiro atoms. The van der Waals surface area contributed by atoms with Crippen molar-refractivity contribution >= 4 is 0 Å². The second-order valence-corrected chi connectivity index (χ2v) is 24.0. The molecular weight excluding hydrogens is 769 g/mol. The maximum absolute atomic E-state index is 3.03. The van der Waals surface area contributed by atoms with Crippen LogP contribution in [-0.2, 0) is 0 Å². The van der Waals surface area contributed by atoms with Crippen LogP contribution in [0.3, 0.4) is 0 Å². The highest BCUT2D eigenvalue weighted by atomic mass is 14.7. The molecule has 330 valence electrons. The summed E-state index contributed by atoms with van der Waals surface area (Å²) in [6.07, 6.45) is 52.8. The second kappa shape index (κ2) is 16.0. The predicted octanol–water partition coefficient (Wildman–Crippen LogP) is 16.0. The summed E-state index contributed by atoms with van der Waals surface area (Å²) in [5.41, 5.74) is 10.3. The zero-order chi connectivity index (χ0) is 41.9. The lowest BCUT2D eigenvalue weighted by Crippen LogP contribution is -2.54. The lowest BCUT2D eigenvalue weighted by atomic mass is 9.43. The van der Waals surface area contributed by atoms with E-state index in [2.05, 4.69) is 134 Å². The van der Waals surface area contributed by atoms with E-state index in [0.29, 0.717) is 11.8 Å². The number of hydrogen-bond acceptors (Lipinski definition) is 0. The highest BCUT2D eigenvalue weighted by molar-refractivity contribution is 5.53. The highest BCUT2D eigenvalue weighted by Gasteiger charge is 2.70. The molecule has 0 aliphatic heterocycles. The van der Waals surface area contributed by atoms with E-state index in [1.54, 1.807) is 33.4 Å². The molecule has 12 aliphatic rings. The van der Waals surface area contributed by atoms with E-state index >= 15 is 0 Å². The van der Waals surface area contributed by atoms with Crippen molar-refractivity contribution < 1.29 is 0 Å². The minimum Gasteiger partial charge on any atom is -0.0882 e. The molecule has 7 fully saturated rings. The highest BCUT2D eigenvalue weighted by Crippen LogP contribution is 2.77. The fourth-order valence-electron chi connectivity index (χ4n) is 20.6. The number of allylic oxidation sites excluding steroid dienone is 16. The van der Waals surface area contributed by atoms with Gasteiger partial charge in [-0.3, -0.25) is 0 Å². The van der Waals surface area contributed by atoms with Crippen molar-refractivity contribution in [3.05, 3.63) is 167 Å². The van der Waals surface area contributed by atoms with Gasteiger partial charge >= 0.3 is 0 Å². The van der Waals surface area contributed by atoms with Crippen LogP contribution in [0.4, 0.5) is 0 Å². The molecule has 0 amide bonds. The molecular formula is C64H74. The van der Waals surface area contributed by atoms with Crippen molar-refractivity contribution in [1.82, 2.24) is 0 Å². The topological polar surface area (TPSA) is 0 Å². The molecule has 0 aromatic heterocycles. The number of rotatable bonds is 5. The quantitative estimate of drug-likeness (QED) is 0.263. The van der Waals surface area contributed by atoms with Crippen LogP contribution in [0.5, 0.6) is 0 Å². The molecule has 12 aliphatic carbocycles. The molecule has 7 saturated carbocycles. The first-order valence-corrected chi connectivity index (χ1v) is 27.4. The minimum absolute atomic E-state index is 0.506. The standard InChI is InChI=1S/C64H74/c1-5-18-39(19-6-1)45-28-15-29-46(40-20-7-2-8-21-40)57(45)44-35-34-43-36-55-61-50(53(43)37-44)31-17-33-52(61)63-58(41-22-9-3-10-23-41)56-38-54-48-27-14-13-26-47(48)49-30-16-32-51(60(49)54)62(56)59(64(55)63)42-24-11-4-12-25-42/h1,3-7,9-13,15,18,20-26,28,37,39,43,46-56,58-64H,2,8,14,16-17,19,27,29-36,38H2. The van der Waals surface area contributed by atoms with Crippen LogP contribution >= 0.6 is 0 Å². The molecule has 64 heavy (non-hydrogen) atoms. The van der Waals surface area contributed by atoms with Gasteiger partial charge < -0.3 is 0 Å². The van der Waals surface area contributed by atoms with Gasteiger partial charge in [0.25, 0.3) is 0 Å². The average Bonchev–Trinajstić information content (AvgIpc) is 3.87. The second-order valence-electron chi connectivity index (χ2n) is 24.0. The first kappa shape index (κ1) is 39.5. The third-order valence-corrected chi connectivity index (χ3v) is 22.0. The van der Waals surface area contributed by atoms with Gasteiger partial charge in [-0.1, -0.05) is 146 Å². The van der Waals surface area contributed by atoms with Gasteiger partial charge in [-0.25, -0.2) is 0 Å². The summed E-state index contributed by atoms with van der Waals surface area (Å²) in [5.74, 6) is 16.6. The Hall–Kier alpha value is -3.64. The van der Waals surface area contributed by atoms with Crippen molar-refractivity contribution in [2.45, 2.75) is 115 Å². The Kier molecular flexibility index (Phi) is 9.89. The summed E-state index contributed by atoms with van der Waals surface area (Å²) in [6, 6.07) is 25.0. The van der Waals surface area contributed by atoms with Gasteiger partial charge in [0.05, 0.1) is 0 Å². The third-order valence-electron chi connectivity index (χ3n) is 22.0. The fraction of sp³-hybridized carbons (Fsp3) is 0.562. The lowest BCUT2D eigenvalue weighted by Gasteiger charge is -2.61. The third kappa shape index (κ3) is 6.04. The molecule has 0 N–H and O–H groups in total. The zero-order valence-electron chi connectivity index (χ0n) is 38.6. The van der Waals surface area contributed by atoms with Crippen LogP contribution in [0.1, 0.15) is 126 Å². The Morgan fingerprint density at radius 1 is 0.469 bits per heavy atom.